The molecule has 0 bridgehead atoms. The number of ether oxygens (including phenoxy) is 1. The lowest BCUT2D eigenvalue weighted by Crippen LogP contribution is -2.38. The maximum absolute atomic E-state index is 12.4. The van der Waals surface area contributed by atoms with E-state index in [0.717, 1.165) is 12.2 Å². The lowest BCUT2D eigenvalue weighted by atomic mass is 10.1. The summed E-state index contributed by atoms with van der Waals surface area (Å²) in [4.78, 5) is 21.4. The number of pyridine rings is 1. The highest BCUT2D eigenvalue weighted by Crippen LogP contribution is 2.37. The number of anilines is 3. The molecule has 3 aliphatic rings. The summed E-state index contributed by atoms with van der Waals surface area (Å²) in [7, 11) is 0. The predicted octanol–water partition coefficient (Wildman–Crippen LogP) is 3.79. The van der Waals surface area contributed by atoms with Crippen LogP contribution < -0.4 is 20.7 Å². The Balaban J connectivity index is 1.34. The van der Waals surface area contributed by atoms with Crippen molar-refractivity contribution in [1.29, 1.82) is 0 Å². The molecule has 7 nitrogen and oxygen atoms in total. The number of nitrogen functional groups attached to an aromatic ring is 1. The Morgan fingerprint density at radius 3 is 2.59 bits per heavy atom. The molecule has 0 spiro atoms. The van der Waals surface area contributed by atoms with Gasteiger partial charge in [-0.05, 0) is 55.8 Å². The van der Waals surface area contributed by atoms with Gasteiger partial charge < -0.3 is 20.7 Å². The summed E-state index contributed by atoms with van der Waals surface area (Å²) < 4.78 is 6.02. The molecule has 2 aliphatic heterocycles. The molecule has 7 heteroatoms. The van der Waals surface area contributed by atoms with Gasteiger partial charge in [-0.3, -0.25) is 9.69 Å². The second-order valence-corrected chi connectivity index (χ2v) is 9.41. The number of hydrogen-bond donors (Lipinski definition) is 2. The van der Waals surface area contributed by atoms with Crippen molar-refractivity contribution >= 4 is 23.1 Å². The van der Waals surface area contributed by atoms with E-state index in [-0.39, 0.29) is 12.5 Å². The van der Waals surface area contributed by atoms with E-state index in [1.54, 1.807) is 0 Å². The van der Waals surface area contributed by atoms with Crippen LogP contribution in [0.25, 0.3) is 0 Å². The van der Waals surface area contributed by atoms with Crippen molar-refractivity contribution in [2.45, 2.75) is 51.6 Å². The van der Waals surface area contributed by atoms with Crippen molar-refractivity contribution in [1.82, 2.24) is 9.88 Å². The van der Waals surface area contributed by atoms with E-state index >= 15 is 0 Å². The van der Waals surface area contributed by atoms with E-state index in [2.05, 4.69) is 44.4 Å². The van der Waals surface area contributed by atoms with E-state index < -0.39 is 0 Å². The molecule has 0 atom stereocenters. The third kappa shape index (κ3) is 4.83. The van der Waals surface area contributed by atoms with Crippen molar-refractivity contribution in [2.24, 2.45) is 5.92 Å². The van der Waals surface area contributed by atoms with Crippen molar-refractivity contribution in [3.63, 3.8) is 0 Å². The second-order valence-electron chi connectivity index (χ2n) is 9.41. The van der Waals surface area contributed by atoms with Gasteiger partial charge in [0, 0.05) is 19.2 Å². The van der Waals surface area contributed by atoms with Crippen molar-refractivity contribution < 1.29 is 9.53 Å². The Bertz CT molecular complexity index is 967. The van der Waals surface area contributed by atoms with Gasteiger partial charge in [-0.2, -0.15) is 4.98 Å². The van der Waals surface area contributed by atoms with Crippen LogP contribution in [0.2, 0.25) is 0 Å². The molecule has 3 heterocycles. The molecule has 0 unspecified atom stereocenters. The lowest BCUT2D eigenvalue weighted by molar-refractivity contribution is -0.115. The van der Waals surface area contributed by atoms with Gasteiger partial charge in [0.2, 0.25) is 11.8 Å². The van der Waals surface area contributed by atoms with E-state index in [0.29, 0.717) is 36.5 Å². The van der Waals surface area contributed by atoms with Gasteiger partial charge in [-0.15, -0.1) is 0 Å². The number of rotatable bonds is 7. The Kier molecular flexibility index (Phi) is 6.17. The fourth-order valence-electron chi connectivity index (χ4n) is 5.18. The molecule has 1 aromatic heterocycles. The molecule has 2 fully saturated rings. The van der Waals surface area contributed by atoms with Crippen molar-refractivity contribution in [2.75, 3.05) is 42.2 Å². The molecule has 1 saturated carbocycles. The summed E-state index contributed by atoms with van der Waals surface area (Å²) in [5, 5.41) is 2.90. The first-order chi connectivity index (χ1) is 15.6. The fraction of sp³-hybridized carbons (Fsp3) is 0.520. The minimum Gasteiger partial charge on any atom is -0.477 e. The molecule has 1 saturated heterocycles. The SMILES string of the molecule is Nc1nc(OCC2CCCC2)cc2c1NC(=O)CN2Cc1cccc(CN2CCCC2)c1. The number of fused-ring (bicyclic) bond motifs is 1. The monoisotopic (exact) mass is 435 g/mol. The zero-order chi connectivity index (χ0) is 21.9. The number of likely N-dealkylation sites (tertiary alicyclic amines) is 1. The molecule has 0 radical (unpaired) electrons. The summed E-state index contributed by atoms with van der Waals surface area (Å²) in [6, 6.07) is 10.6. The minimum atomic E-state index is -0.0705. The normalized spacial score (nSPS) is 19.2. The maximum atomic E-state index is 12.4. The van der Waals surface area contributed by atoms with Crippen molar-refractivity contribution in [3.8, 4) is 5.88 Å². The van der Waals surface area contributed by atoms with Gasteiger partial charge in [0.1, 0.15) is 5.69 Å². The number of nitrogens with one attached hydrogen (secondary N) is 1. The first-order valence-electron chi connectivity index (χ1n) is 11.9. The Hall–Kier alpha value is -2.80. The maximum Gasteiger partial charge on any atom is 0.244 e. The quantitative estimate of drug-likeness (QED) is 0.689. The van der Waals surface area contributed by atoms with Crippen LogP contribution in [0.15, 0.2) is 30.3 Å². The van der Waals surface area contributed by atoms with Gasteiger partial charge in [-0.25, -0.2) is 0 Å². The van der Waals surface area contributed by atoms with Gasteiger partial charge >= 0.3 is 0 Å². The Morgan fingerprint density at radius 2 is 1.81 bits per heavy atom. The molecule has 2 aromatic rings. The summed E-state index contributed by atoms with van der Waals surface area (Å²) in [5.74, 6) is 1.38. The predicted molar refractivity (Wildman–Crippen MR) is 127 cm³/mol. The highest BCUT2D eigenvalue weighted by molar-refractivity contribution is 6.04. The van der Waals surface area contributed by atoms with Crippen LogP contribution in [0, 0.1) is 5.92 Å². The number of carbonyl (C=O) groups excluding carboxylic acids is 1. The minimum absolute atomic E-state index is 0.0705. The van der Waals surface area contributed by atoms with E-state index in [9.17, 15) is 4.79 Å². The third-order valence-electron chi connectivity index (χ3n) is 6.85. The Morgan fingerprint density at radius 1 is 1.06 bits per heavy atom. The number of aromatic nitrogens is 1. The lowest BCUT2D eigenvalue weighted by Gasteiger charge is -2.32. The first-order valence-corrected chi connectivity index (χ1v) is 11.9. The summed E-state index contributed by atoms with van der Waals surface area (Å²) in [6.07, 6.45) is 7.58. The number of amides is 1. The number of carbonyl (C=O) groups is 1. The van der Waals surface area contributed by atoms with Crippen LogP contribution in [0.4, 0.5) is 17.2 Å². The van der Waals surface area contributed by atoms with Crippen LogP contribution >= 0.6 is 0 Å². The molecule has 3 N–H and O–H groups in total. The molecular formula is C25H33N5O2. The van der Waals surface area contributed by atoms with E-state index in [1.165, 1.54) is 62.7 Å². The third-order valence-corrected chi connectivity index (χ3v) is 6.85. The van der Waals surface area contributed by atoms with Gasteiger partial charge in [-0.1, -0.05) is 37.1 Å². The van der Waals surface area contributed by atoms with Gasteiger partial charge in [0.15, 0.2) is 5.82 Å². The molecule has 1 amide bonds. The second kappa shape index (κ2) is 9.36. The van der Waals surface area contributed by atoms with Crippen LogP contribution in [0.3, 0.4) is 0 Å². The van der Waals surface area contributed by atoms with E-state index in [4.69, 9.17) is 10.5 Å². The molecule has 170 valence electrons. The standard InChI is InChI=1S/C25H33N5O2/c26-25-24-21(13-23(28-25)32-17-18-6-1-2-7-18)30(16-22(31)27-24)15-20-9-5-8-19(12-20)14-29-10-3-4-11-29/h5,8-9,12-13,18H,1-4,6-7,10-11,14-17H2,(H2,26,28)(H,27,31). The zero-order valence-electron chi connectivity index (χ0n) is 18.7. The number of nitrogens with two attached hydrogens (primary N) is 1. The number of benzene rings is 1. The molecule has 5 rings (SSSR count). The molecular weight excluding hydrogens is 402 g/mol. The smallest absolute Gasteiger partial charge is 0.244 e. The topological polar surface area (TPSA) is 83.7 Å². The highest BCUT2D eigenvalue weighted by atomic mass is 16.5. The van der Waals surface area contributed by atoms with Gasteiger partial charge in [0.05, 0.1) is 18.8 Å². The number of nitrogens with zero attached hydrogens (tertiary/aromatic N) is 3. The summed E-state index contributed by atoms with van der Waals surface area (Å²) in [5.41, 5.74) is 10.2. The van der Waals surface area contributed by atoms with Gasteiger partial charge in [0.25, 0.3) is 0 Å². The molecule has 32 heavy (non-hydrogen) atoms. The number of hydrogen-bond acceptors (Lipinski definition) is 6. The first kappa shape index (κ1) is 21.1. The van der Waals surface area contributed by atoms with Crippen LogP contribution in [0.1, 0.15) is 49.7 Å². The van der Waals surface area contributed by atoms with Crippen LogP contribution in [0.5, 0.6) is 5.88 Å². The largest absolute Gasteiger partial charge is 0.477 e. The summed E-state index contributed by atoms with van der Waals surface area (Å²) in [6.45, 7) is 4.95. The highest BCUT2D eigenvalue weighted by Gasteiger charge is 2.26. The molecule has 1 aromatic carbocycles. The molecule has 1 aliphatic carbocycles. The van der Waals surface area contributed by atoms with Crippen LogP contribution in [-0.4, -0.2) is 42.0 Å². The summed E-state index contributed by atoms with van der Waals surface area (Å²) >= 11 is 0. The zero-order valence-corrected chi connectivity index (χ0v) is 18.7. The van der Waals surface area contributed by atoms with Crippen LogP contribution in [-0.2, 0) is 17.9 Å². The average Bonchev–Trinajstić information content (AvgIpc) is 3.48. The average molecular weight is 436 g/mol. The Labute approximate surface area is 189 Å². The van der Waals surface area contributed by atoms with Crippen molar-refractivity contribution in [3.05, 3.63) is 41.5 Å². The van der Waals surface area contributed by atoms with E-state index in [1.807, 2.05) is 6.07 Å². The fourth-order valence-corrected chi connectivity index (χ4v) is 5.18.